The average molecular weight is 302 g/mol. The molecular formula is C16H25F3N2. The molecule has 1 atom stereocenters. The van der Waals surface area contributed by atoms with Gasteiger partial charge in [0.1, 0.15) is 0 Å². The van der Waals surface area contributed by atoms with Crippen molar-refractivity contribution in [3.05, 3.63) is 35.9 Å². The van der Waals surface area contributed by atoms with Gasteiger partial charge in [-0.2, -0.15) is 13.2 Å². The molecule has 1 aromatic carbocycles. The summed E-state index contributed by atoms with van der Waals surface area (Å²) in [7, 11) is 0. The van der Waals surface area contributed by atoms with E-state index in [1.807, 2.05) is 44.2 Å². The maximum Gasteiger partial charge on any atom is 0.401 e. The zero-order valence-electron chi connectivity index (χ0n) is 12.8. The Labute approximate surface area is 125 Å². The Bertz CT molecular complexity index is 379. The SMILES string of the molecule is CCCN(CCC(NCC)c1ccccc1)CC(F)(F)F. The summed E-state index contributed by atoms with van der Waals surface area (Å²) < 4.78 is 37.7. The minimum atomic E-state index is -4.13. The maximum absolute atomic E-state index is 12.6. The lowest BCUT2D eigenvalue weighted by Crippen LogP contribution is -2.37. The van der Waals surface area contributed by atoms with E-state index in [0.29, 0.717) is 19.5 Å². The number of nitrogens with zero attached hydrogens (tertiary/aromatic N) is 1. The van der Waals surface area contributed by atoms with Gasteiger partial charge in [0.25, 0.3) is 0 Å². The summed E-state index contributed by atoms with van der Waals surface area (Å²) in [6.07, 6.45) is -2.73. The van der Waals surface area contributed by atoms with Crippen LogP contribution in [0.4, 0.5) is 13.2 Å². The standard InChI is InChI=1S/C16H25F3N2/c1-3-11-21(13-16(17,18)19)12-10-15(20-4-2)14-8-6-5-7-9-14/h5-9,15,20H,3-4,10-13H2,1-2H3. The fourth-order valence-corrected chi connectivity index (χ4v) is 2.47. The van der Waals surface area contributed by atoms with Crippen LogP contribution in [0.1, 0.15) is 38.3 Å². The summed E-state index contributed by atoms with van der Waals surface area (Å²) in [6.45, 7) is 4.81. The molecule has 0 aliphatic rings. The van der Waals surface area contributed by atoms with Crippen LogP contribution >= 0.6 is 0 Å². The van der Waals surface area contributed by atoms with Crippen LogP contribution in [-0.2, 0) is 0 Å². The van der Waals surface area contributed by atoms with E-state index in [1.165, 1.54) is 4.90 Å². The molecule has 1 rings (SSSR count). The molecule has 0 bridgehead atoms. The van der Waals surface area contributed by atoms with Gasteiger partial charge >= 0.3 is 6.18 Å². The fraction of sp³-hybridized carbons (Fsp3) is 0.625. The molecule has 21 heavy (non-hydrogen) atoms. The van der Waals surface area contributed by atoms with Gasteiger partial charge in [0.05, 0.1) is 6.54 Å². The third-order valence-electron chi connectivity index (χ3n) is 3.33. The molecular weight excluding hydrogens is 277 g/mol. The lowest BCUT2D eigenvalue weighted by molar-refractivity contribution is -0.146. The lowest BCUT2D eigenvalue weighted by atomic mass is 10.0. The first-order valence-electron chi connectivity index (χ1n) is 7.53. The van der Waals surface area contributed by atoms with Crippen LogP contribution in [0.2, 0.25) is 0 Å². The van der Waals surface area contributed by atoms with Crippen molar-refractivity contribution >= 4 is 0 Å². The minimum Gasteiger partial charge on any atom is -0.310 e. The zero-order valence-corrected chi connectivity index (χ0v) is 12.8. The van der Waals surface area contributed by atoms with E-state index in [9.17, 15) is 13.2 Å². The smallest absolute Gasteiger partial charge is 0.310 e. The van der Waals surface area contributed by atoms with E-state index in [2.05, 4.69) is 5.32 Å². The number of halogens is 3. The highest BCUT2D eigenvalue weighted by atomic mass is 19.4. The van der Waals surface area contributed by atoms with Crippen molar-refractivity contribution in [3.8, 4) is 0 Å². The third-order valence-corrected chi connectivity index (χ3v) is 3.33. The maximum atomic E-state index is 12.6. The molecule has 0 radical (unpaired) electrons. The summed E-state index contributed by atoms with van der Waals surface area (Å²) in [6, 6.07) is 9.99. The molecule has 5 heteroatoms. The van der Waals surface area contributed by atoms with Crippen LogP contribution in [0.15, 0.2) is 30.3 Å². The first-order valence-corrected chi connectivity index (χ1v) is 7.53. The van der Waals surface area contributed by atoms with Crippen molar-refractivity contribution in [2.45, 2.75) is 38.9 Å². The van der Waals surface area contributed by atoms with Crippen LogP contribution in [0.3, 0.4) is 0 Å². The van der Waals surface area contributed by atoms with Gasteiger partial charge in [0, 0.05) is 12.6 Å². The van der Waals surface area contributed by atoms with Gasteiger partial charge in [-0.25, -0.2) is 0 Å². The van der Waals surface area contributed by atoms with Crippen molar-refractivity contribution in [1.29, 1.82) is 0 Å². The molecule has 0 amide bonds. The normalized spacial score (nSPS) is 13.6. The molecule has 2 nitrogen and oxygen atoms in total. The van der Waals surface area contributed by atoms with Gasteiger partial charge in [0.15, 0.2) is 0 Å². The second-order valence-electron chi connectivity index (χ2n) is 5.20. The van der Waals surface area contributed by atoms with Crippen molar-refractivity contribution in [1.82, 2.24) is 10.2 Å². The number of benzene rings is 1. The second-order valence-corrected chi connectivity index (χ2v) is 5.20. The predicted octanol–water partition coefficient (Wildman–Crippen LogP) is 4.00. The molecule has 1 unspecified atom stereocenters. The van der Waals surface area contributed by atoms with Gasteiger partial charge in [-0.3, -0.25) is 4.90 Å². The van der Waals surface area contributed by atoms with E-state index in [-0.39, 0.29) is 6.04 Å². The van der Waals surface area contributed by atoms with Gasteiger partial charge in [-0.1, -0.05) is 44.2 Å². The Morgan fingerprint density at radius 1 is 1.10 bits per heavy atom. The predicted molar refractivity (Wildman–Crippen MR) is 80.3 cm³/mol. The van der Waals surface area contributed by atoms with Gasteiger partial charge in [-0.05, 0) is 31.5 Å². The Kier molecular flexibility index (Phi) is 7.75. The van der Waals surface area contributed by atoms with Crippen LogP contribution in [0.25, 0.3) is 0 Å². The Balaban J connectivity index is 2.61. The van der Waals surface area contributed by atoms with Crippen LogP contribution < -0.4 is 5.32 Å². The van der Waals surface area contributed by atoms with Gasteiger partial charge in [-0.15, -0.1) is 0 Å². The lowest BCUT2D eigenvalue weighted by Gasteiger charge is -2.26. The summed E-state index contributed by atoms with van der Waals surface area (Å²) in [4.78, 5) is 1.49. The second kappa shape index (κ2) is 9.05. The molecule has 0 aromatic heterocycles. The number of alkyl halides is 3. The summed E-state index contributed by atoms with van der Waals surface area (Å²) >= 11 is 0. The van der Waals surface area contributed by atoms with Crippen molar-refractivity contribution < 1.29 is 13.2 Å². The summed E-state index contributed by atoms with van der Waals surface area (Å²) in [5.74, 6) is 0. The zero-order chi connectivity index (χ0) is 15.7. The average Bonchev–Trinajstić information content (AvgIpc) is 2.43. The molecule has 0 aliphatic heterocycles. The first kappa shape index (κ1) is 18.0. The monoisotopic (exact) mass is 302 g/mol. The van der Waals surface area contributed by atoms with E-state index < -0.39 is 12.7 Å². The van der Waals surface area contributed by atoms with Crippen molar-refractivity contribution in [2.24, 2.45) is 0 Å². The van der Waals surface area contributed by atoms with E-state index in [4.69, 9.17) is 0 Å². The number of hydrogen-bond acceptors (Lipinski definition) is 2. The highest BCUT2D eigenvalue weighted by Gasteiger charge is 2.30. The molecule has 0 spiro atoms. The largest absolute Gasteiger partial charge is 0.401 e. The Morgan fingerprint density at radius 3 is 2.29 bits per heavy atom. The van der Waals surface area contributed by atoms with Crippen molar-refractivity contribution in [3.63, 3.8) is 0 Å². The Morgan fingerprint density at radius 2 is 1.76 bits per heavy atom. The van der Waals surface area contributed by atoms with E-state index in [1.54, 1.807) is 0 Å². The molecule has 1 N–H and O–H groups in total. The topological polar surface area (TPSA) is 15.3 Å². The minimum absolute atomic E-state index is 0.101. The molecule has 0 aliphatic carbocycles. The number of rotatable bonds is 9. The first-order chi connectivity index (χ1) is 9.96. The molecule has 0 heterocycles. The fourth-order valence-electron chi connectivity index (χ4n) is 2.47. The van der Waals surface area contributed by atoms with Crippen LogP contribution in [0, 0.1) is 0 Å². The van der Waals surface area contributed by atoms with E-state index >= 15 is 0 Å². The molecule has 0 fully saturated rings. The molecule has 0 saturated heterocycles. The van der Waals surface area contributed by atoms with Crippen molar-refractivity contribution in [2.75, 3.05) is 26.2 Å². The molecule has 120 valence electrons. The number of hydrogen-bond donors (Lipinski definition) is 1. The van der Waals surface area contributed by atoms with Gasteiger partial charge in [0.2, 0.25) is 0 Å². The quantitative estimate of drug-likeness (QED) is 0.741. The van der Waals surface area contributed by atoms with E-state index in [0.717, 1.165) is 18.5 Å². The highest BCUT2D eigenvalue weighted by molar-refractivity contribution is 5.18. The third kappa shape index (κ3) is 7.48. The van der Waals surface area contributed by atoms with Crippen LogP contribution in [0.5, 0.6) is 0 Å². The van der Waals surface area contributed by atoms with Gasteiger partial charge < -0.3 is 5.32 Å². The molecule has 1 aromatic rings. The Hall–Kier alpha value is -1.07. The molecule has 0 saturated carbocycles. The summed E-state index contributed by atoms with van der Waals surface area (Å²) in [5.41, 5.74) is 1.13. The summed E-state index contributed by atoms with van der Waals surface area (Å²) in [5, 5.41) is 3.35. The van der Waals surface area contributed by atoms with Crippen LogP contribution in [-0.4, -0.2) is 37.3 Å². The number of nitrogens with one attached hydrogen (secondary N) is 1. The highest BCUT2D eigenvalue weighted by Crippen LogP contribution is 2.20.